The first-order chi connectivity index (χ1) is 19.2. The minimum absolute atomic E-state index is 0.784. The summed E-state index contributed by atoms with van der Waals surface area (Å²) >= 11 is 0.784. The van der Waals surface area contributed by atoms with E-state index in [0.717, 1.165) is 53.4 Å². The monoisotopic (exact) mass is 692 g/mol. The molecule has 3 aromatic heterocycles. The molecule has 5 aromatic carbocycles. The average Bonchev–Trinajstić information content (AvgIpc) is 3.61. The number of hydrogen-bond acceptors (Lipinski definition) is 1. The van der Waals surface area contributed by atoms with E-state index in [1.165, 1.54) is 49.7 Å². The van der Waals surface area contributed by atoms with Gasteiger partial charge in [0.15, 0.2) is 0 Å². The van der Waals surface area contributed by atoms with Crippen molar-refractivity contribution < 1.29 is 4.42 Å². The van der Waals surface area contributed by atoms with Gasteiger partial charge in [0.05, 0.1) is 0 Å². The molecule has 0 aliphatic carbocycles. The molecule has 4 heteroatoms. The van der Waals surface area contributed by atoms with Crippen molar-refractivity contribution in [2.75, 3.05) is 0 Å². The summed E-state index contributed by atoms with van der Waals surface area (Å²) in [6.45, 7) is 2.25. The Balaban J connectivity index is 1.56. The zero-order valence-corrected chi connectivity index (χ0v) is 25.9. The Morgan fingerprint density at radius 2 is 1.36 bits per heavy atom. The van der Waals surface area contributed by atoms with Crippen molar-refractivity contribution >= 4 is 86.5 Å². The number of benzene rings is 5. The van der Waals surface area contributed by atoms with Gasteiger partial charge in [-0.3, -0.25) is 0 Å². The second kappa shape index (κ2) is 8.71. The van der Waals surface area contributed by atoms with Crippen LogP contribution in [-0.2, 0) is 0 Å². The Morgan fingerprint density at radius 1 is 0.615 bits per heavy atom. The first-order valence-electron chi connectivity index (χ1n) is 13.2. The zero-order chi connectivity index (χ0) is 26.1. The molecule has 0 bridgehead atoms. The molecule has 8 aromatic rings. The van der Waals surface area contributed by atoms with E-state index in [-0.39, 0.29) is 0 Å². The molecule has 39 heavy (non-hydrogen) atoms. The Bertz CT molecular complexity index is 2250. The molecule has 0 saturated heterocycles. The van der Waals surface area contributed by atoms with E-state index in [1.54, 1.807) is 0 Å². The van der Waals surface area contributed by atoms with Gasteiger partial charge >= 0.3 is 236 Å². The van der Waals surface area contributed by atoms with Gasteiger partial charge in [-0.05, 0) is 0 Å². The average molecular weight is 692 g/mol. The van der Waals surface area contributed by atoms with Crippen LogP contribution >= 0.6 is 0 Å². The molecular formula is C35H23N2OTl. The molecule has 182 valence electrons. The number of para-hydroxylation sites is 3. The van der Waals surface area contributed by atoms with Gasteiger partial charge in [-0.1, -0.05) is 6.07 Å². The van der Waals surface area contributed by atoms with E-state index >= 15 is 0 Å². The number of furan rings is 1. The van der Waals surface area contributed by atoms with Gasteiger partial charge < -0.3 is 0 Å². The molecule has 3 heterocycles. The van der Waals surface area contributed by atoms with Crippen LogP contribution in [-0.4, -0.2) is 34.9 Å². The molecule has 0 unspecified atom stereocenters. The molecule has 3 nitrogen and oxygen atoms in total. The standard InChI is InChI=1S/C35H23N2O.Tl/c1-3-25-22(2)36(23-11-5-4-6-12-23)31-19-18-28-26-13-7-9-15-30(26)37(35(28)34(25)31)24-17-20-33-29(21-24)27-14-8-10-16-32(27)38-33;/h1,3-21H,2H3;. The van der Waals surface area contributed by atoms with E-state index in [2.05, 4.69) is 123 Å². The summed E-state index contributed by atoms with van der Waals surface area (Å²) in [7, 11) is 0. The molecule has 0 fully saturated rings. The predicted octanol–water partition coefficient (Wildman–Crippen LogP) is 9.07. The van der Waals surface area contributed by atoms with Crippen molar-refractivity contribution in [2.45, 2.75) is 6.92 Å². The van der Waals surface area contributed by atoms with Crippen LogP contribution < -0.4 is 0 Å². The van der Waals surface area contributed by atoms with Crippen molar-refractivity contribution in [1.29, 1.82) is 0 Å². The van der Waals surface area contributed by atoms with E-state index < -0.39 is 0 Å². The Morgan fingerprint density at radius 3 is 2.21 bits per heavy atom. The molecule has 0 amide bonds. The van der Waals surface area contributed by atoms with Crippen molar-refractivity contribution in [1.82, 2.24) is 9.13 Å². The Hall–Kier alpha value is -4.10. The summed E-state index contributed by atoms with van der Waals surface area (Å²) in [6.07, 6.45) is 2.33. The zero-order valence-electron chi connectivity index (χ0n) is 21.4. The van der Waals surface area contributed by atoms with Crippen LogP contribution in [0.25, 0.3) is 72.1 Å². The van der Waals surface area contributed by atoms with Crippen LogP contribution in [0.5, 0.6) is 0 Å². The van der Waals surface area contributed by atoms with Crippen LogP contribution in [0.15, 0.2) is 117 Å². The molecule has 0 aliphatic rings. The number of fused-ring (bicyclic) bond motifs is 8. The van der Waals surface area contributed by atoms with Crippen molar-refractivity contribution in [3.63, 3.8) is 0 Å². The fraction of sp³-hybridized carbons (Fsp3) is 0.0286. The maximum absolute atomic E-state index is 6.17. The third-order valence-corrected chi connectivity index (χ3v) is 8.69. The van der Waals surface area contributed by atoms with Gasteiger partial charge in [0, 0.05) is 0 Å². The summed E-state index contributed by atoms with van der Waals surface area (Å²) in [6, 6.07) is 39.0. The van der Waals surface area contributed by atoms with Crippen LogP contribution in [0.4, 0.5) is 0 Å². The molecular weight excluding hydrogens is 669 g/mol. The van der Waals surface area contributed by atoms with Crippen molar-refractivity contribution in [2.24, 2.45) is 0 Å². The SMILES string of the molecule is Cc1c(/C=[CH]\[Tl])c2c(ccc3c4ccccc4n(-c4ccc5oc6ccccc6c5c4)c32)n1-c1ccccc1. The van der Waals surface area contributed by atoms with Crippen molar-refractivity contribution in [3.05, 3.63) is 124 Å². The fourth-order valence-electron chi connectivity index (χ4n) is 6.31. The third kappa shape index (κ3) is 3.26. The van der Waals surface area contributed by atoms with E-state index in [1.807, 2.05) is 12.1 Å². The van der Waals surface area contributed by atoms with Gasteiger partial charge in [-0.25, -0.2) is 0 Å². The summed E-state index contributed by atoms with van der Waals surface area (Å²) in [5.41, 5.74) is 10.4. The van der Waals surface area contributed by atoms with E-state index in [9.17, 15) is 0 Å². The van der Waals surface area contributed by atoms with Gasteiger partial charge in [0.25, 0.3) is 0 Å². The van der Waals surface area contributed by atoms with Gasteiger partial charge in [-0.15, -0.1) is 0 Å². The van der Waals surface area contributed by atoms with Crippen LogP contribution in [0.2, 0.25) is 0 Å². The third-order valence-electron chi connectivity index (χ3n) is 7.95. The second-order valence-corrected chi connectivity index (χ2v) is 11.5. The second-order valence-electron chi connectivity index (χ2n) is 10.0. The number of aromatic nitrogens is 2. The molecule has 0 atom stereocenters. The maximum atomic E-state index is 6.17. The molecule has 8 rings (SSSR count). The number of rotatable bonds is 3. The first-order valence-corrected chi connectivity index (χ1v) is 15.8. The summed E-state index contributed by atoms with van der Waals surface area (Å²) in [4.78, 5) is 0. The predicted molar refractivity (Wildman–Crippen MR) is 164 cm³/mol. The molecule has 0 N–H and O–H groups in total. The van der Waals surface area contributed by atoms with E-state index in [4.69, 9.17) is 4.42 Å². The topological polar surface area (TPSA) is 23.0 Å². The number of hydrogen-bond donors (Lipinski definition) is 0. The molecule has 0 spiro atoms. The van der Waals surface area contributed by atoms with Gasteiger partial charge in [0.2, 0.25) is 0 Å². The van der Waals surface area contributed by atoms with Gasteiger partial charge in [0.1, 0.15) is 0 Å². The number of nitrogens with zero attached hydrogens (tertiary/aromatic N) is 2. The first kappa shape index (κ1) is 22.8. The normalized spacial score (nSPS) is 12.2. The van der Waals surface area contributed by atoms with Crippen LogP contribution in [0, 0.1) is 6.92 Å². The molecule has 0 aliphatic heterocycles. The van der Waals surface area contributed by atoms with Crippen molar-refractivity contribution in [3.8, 4) is 11.4 Å². The summed E-state index contributed by atoms with van der Waals surface area (Å²) in [5, 5.41) is 6.11. The van der Waals surface area contributed by atoms with Crippen LogP contribution in [0.1, 0.15) is 11.3 Å². The molecule has 0 saturated carbocycles. The van der Waals surface area contributed by atoms with E-state index in [0.29, 0.717) is 0 Å². The quantitative estimate of drug-likeness (QED) is 0.170. The Kier molecular flexibility index (Phi) is 5.10. The molecule has 0 radical (unpaired) electrons. The summed E-state index contributed by atoms with van der Waals surface area (Å²) < 4.78 is 13.3. The summed E-state index contributed by atoms with van der Waals surface area (Å²) in [5.74, 6) is 0. The fourth-order valence-corrected chi connectivity index (χ4v) is 7.06. The minimum atomic E-state index is 0.784. The van der Waals surface area contributed by atoms with Crippen LogP contribution in [0.3, 0.4) is 0 Å². The van der Waals surface area contributed by atoms with Gasteiger partial charge in [-0.2, -0.15) is 0 Å². The Labute approximate surface area is 241 Å².